The van der Waals surface area contributed by atoms with E-state index in [0.717, 1.165) is 6.26 Å². The van der Waals surface area contributed by atoms with Gasteiger partial charge in [-0.1, -0.05) is 12.1 Å². The molecule has 0 fully saturated rings. The normalized spacial score (nSPS) is 18.3. The number of benzene rings is 2. The van der Waals surface area contributed by atoms with E-state index >= 15 is 0 Å². The number of fused-ring (bicyclic) bond motifs is 2. The van der Waals surface area contributed by atoms with Crippen LogP contribution >= 0.6 is 7.52 Å². The first-order valence-corrected chi connectivity index (χ1v) is 14.5. The summed E-state index contributed by atoms with van der Waals surface area (Å²) in [6.07, 6.45) is 1.44. The van der Waals surface area contributed by atoms with Crippen LogP contribution in [0.5, 0.6) is 5.75 Å². The molecule has 1 aliphatic rings. The number of amidine groups is 1. The molecule has 13 heteroatoms. The fourth-order valence-electron chi connectivity index (χ4n) is 3.99. The molecule has 11 nitrogen and oxygen atoms in total. The van der Waals surface area contributed by atoms with Crippen LogP contribution in [0.4, 0.5) is 11.4 Å². The number of anilines is 2. The molecular formula is C23H27N4O7PS. The van der Waals surface area contributed by atoms with E-state index in [0.29, 0.717) is 29.6 Å². The second-order valence-corrected chi connectivity index (χ2v) is 12.3. The number of rotatable bonds is 8. The predicted octanol–water partition coefficient (Wildman–Crippen LogP) is 2.84. The van der Waals surface area contributed by atoms with E-state index < -0.39 is 23.1 Å². The molecule has 2 aromatic carbocycles. The van der Waals surface area contributed by atoms with Crippen molar-refractivity contribution in [3.8, 4) is 5.75 Å². The first-order chi connectivity index (χ1) is 17.0. The number of pyridine rings is 1. The average Bonchev–Trinajstić information content (AvgIpc) is 2.83. The van der Waals surface area contributed by atoms with E-state index in [4.69, 9.17) is 9.26 Å². The third-order valence-electron chi connectivity index (χ3n) is 5.88. The molecule has 4 rings (SSSR count). The number of methoxy groups -OCH3 is 1. The Hall–Kier alpha value is -3.18. The number of para-hydroxylation sites is 1. The van der Waals surface area contributed by atoms with Crippen LogP contribution in [0.1, 0.15) is 18.9 Å². The predicted molar refractivity (Wildman–Crippen MR) is 140 cm³/mol. The quantitative estimate of drug-likeness (QED) is 0.374. The van der Waals surface area contributed by atoms with Crippen molar-refractivity contribution >= 4 is 51.0 Å². The molecule has 0 spiro atoms. The van der Waals surface area contributed by atoms with Gasteiger partial charge >= 0.3 is 7.52 Å². The molecule has 1 aromatic heterocycles. The zero-order valence-corrected chi connectivity index (χ0v) is 21.9. The van der Waals surface area contributed by atoms with Crippen LogP contribution in [0, 0.1) is 0 Å². The van der Waals surface area contributed by atoms with E-state index in [9.17, 15) is 22.9 Å². The summed E-state index contributed by atoms with van der Waals surface area (Å²) in [4.78, 5) is 13.7. The van der Waals surface area contributed by atoms with Crippen LogP contribution in [0.15, 0.2) is 52.0 Å². The number of ether oxygens (including phenoxy) is 1. The highest BCUT2D eigenvalue weighted by molar-refractivity contribution is 7.92. The zero-order chi connectivity index (χ0) is 26.3. The van der Waals surface area contributed by atoms with Crippen LogP contribution in [-0.2, 0) is 30.4 Å². The average molecular weight is 535 g/mol. The molecule has 0 saturated carbocycles. The molecule has 1 aliphatic heterocycles. The Morgan fingerprint density at radius 2 is 1.94 bits per heavy atom. The van der Waals surface area contributed by atoms with Crippen molar-refractivity contribution in [3.05, 3.63) is 58.4 Å². The van der Waals surface area contributed by atoms with Gasteiger partial charge in [0.2, 0.25) is 10.0 Å². The number of aromatic hydroxyl groups is 1. The number of nitrogens with zero attached hydrogens (tertiary/aromatic N) is 2. The lowest BCUT2D eigenvalue weighted by Crippen LogP contribution is -2.34. The third-order valence-corrected chi connectivity index (χ3v) is 8.43. The van der Waals surface area contributed by atoms with Crippen molar-refractivity contribution in [2.45, 2.75) is 26.0 Å². The van der Waals surface area contributed by atoms with Gasteiger partial charge in [-0.3, -0.25) is 14.1 Å². The summed E-state index contributed by atoms with van der Waals surface area (Å²) in [5, 5.41) is 14.6. The Morgan fingerprint density at radius 3 is 2.61 bits per heavy atom. The lowest BCUT2D eigenvalue weighted by Gasteiger charge is -2.25. The standard InChI is InChI=1S/C23H27N4O7PS/c1-14(33-2)11-12-27-18-8-6-5-7-16(18)21(28)20(23(27)29)22-24-17-10-9-15(26-36(4,31)32)13-19(17)35(30,25-22)34-3/h5-10,13-14,26,28H,11-12H2,1-4H3,(H,24,25,30). The Bertz CT molecular complexity index is 1580. The molecule has 3 N–H and O–H groups in total. The molecule has 0 amide bonds. The Balaban J connectivity index is 1.89. The lowest BCUT2D eigenvalue weighted by molar-refractivity contribution is 0.107. The molecule has 2 atom stereocenters. The lowest BCUT2D eigenvalue weighted by atomic mass is 10.1. The number of hydrogen-bond donors (Lipinski definition) is 3. The van der Waals surface area contributed by atoms with Gasteiger partial charge in [-0.05, 0) is 43.7 Å². The van der Waals surface area contributed by atoms with Crippen molar-refractivity contribution in [2.75, 3.05) is 30.5 Å². The minimum Gasteiger partial charge on any atom is -0.506 e. The molecule has 36 heavy (non-hydrogen) atoms. The number of sulfonamides is 1. The van der Waals surface area contributed by atoms with Gasteiger partial charge in [-0.2, -0.15) is 4.76 Å². The Morgan fingerprint density at radius 1 is 1.22 bits per heavy atom. The summed E-state index contributed by atoms with van der Waals surface area (Å²) in [5.41, 5.74) is 0.338. The molecule has 0 aliphatic carbocycles. The second-order valence-electron chi connectivity index (χ2n) is 8.42. The number of nitrogens with one attached hydrogen (secondary N) is 2. The van der Waals surface area contributed by atoms with Gasteiger partial charge in [0.1, 0.15) is 11.3 Å². The highest BCUT2D eigenvalue weighted by atomic mass is 32.2. The second kappa shape index (κ2) is 9.70. The Labute approximate surface area is 208 Å². The largest absolute Gasteiger partial charge is 0.506 e. The minimum atomic E-state index is -3.94. The van der Waals surface area contributed by atoms with Crippen LogP contribution in [-0.4, -0.2) is 50.5 Å². The molecule has 0 radical (unpaired) electrons. The van der Waals surface area contributed by atoms with Gasteiger partial charge in [-0.15, -0.1) is 0 Å². The zero-order valence-electron chi connectivity index (χ0n) is 20.2. The van der Waals surface area contributed by atoms with E-state index in [2.05, 4.69) is 14.8 Å². The summed E-state index contributed by atoms with van der Waals surface area (Å²) in [5.74, 6) is -0.419. The molecule has 192 valence electrons. The van der Waals surface area contributed by atoms with Crippen molar-refractivity contribution in [2.24, 2.45) is 4.76 Å². The van der Waals surface area contributed by atoms with E-state index in [1.165, 1.54) is 29.9 Å². The molecule has 0 saturated heterocycles. The summed E-state index contributed by atoms with van der Waals surface area (Å²) in [6, 6.07) is 11.3. The SMILES string of the molecule is COC(C)CCn1c(=O)c(C2=NP(=O)(OC)c3cc(NS(C)(=O)=O)ccc3N2)c(O)c2ccccc21. The summed E-state index contributed by atoms with van der Waals surface area (Å²) in [7, 11) is -4.72. The molecule has 3 aromatic rings. The van der Waals surface area contributed by atoms with Crippen molar-refractivity contribution in [3.63, 3.8) is 0 Å². The monoisotopic (exact) mass is 534 g/mol. The first-order valence-electron chi connectivity index (χ1n) is 11.0. The van der Waals surface area contributed by atoms with Crippen molar-refractivity contribution in [1.82, 2.24) is 4.57 Å². The molecule has 0 bridgehead atoms. The van der Waals surface area contributed by atoms with Gasteiger partial charge in [0.05, 0.1) is 28.9 Å². The van der Waals surface area contributed by atoms with Crippen LogP contribution < -0.4 is 20.9 Å². The van der Waals surface area contributed by atoms with Crippen LogP contribution in [0.2, 0.25) is 0 Å². The molecule has 2 unspecified atom stereocenters. The van der Waals surface area contributed by atoms with Gasteiger partial charge in [-0.25, -0.2) is 8.42 Å². The van der Waals surface area contributed by atoms with Crippen molar-refractivity contribution < 1.29 is 27.3 Å². The summed E-state index contributed by atoms with van der Waals surface area (Å²) in [6.45, 7) is 2.20. The summed E-state index contributed by atoms with van der Waals surface area (Å²) >= 11 is 0. The number of hydrogen-bond acceptors (Lipinski definition) is 8. The maximum Gasteiger partial charge on any atom is 0.348 e. The minimum absolute atomic E-state index is 0.103. The summed E-state index contributed by atoms with van der Waals surface area (Å²) < 4.78 is 55.7. The fourth-order valence-corrected chi connectivity index (χ4v) is 6.08. The van der Waals surface area contributed by atoms with E-state index in [1.54, 1.807) is 31.4 Å². The highest BCUT2D eigenvalue weighted by Crippen LogP contribution is 2.52. The third kappa shape index (κ3) is 4.90. The maximum atomic E-state index is 13.7. The molecular weight excluding hydrogens is 507 g/mol. The Kier molecular flexibility index (Phi) is 6.98. The van der Waals surface area contributed by atoms with Gasteiger partial charge < -0.3 is 24.3 Å². The van der Waals surface area contributed by atoms with Crippen LogP contribution in [0.3, 0.4) is 0 Å². The van der Waals surface area contributed by atoms with Gasteiger partial charge in [0.25, 0.3) is 5.56 Å². The maximum absolute atomic E-state index is 13.7. The smallest absolute Gasteiger partial charge is 0.348 e. The van der Waals surface area contributed by atoms with Crippen molar-refractivity contribution in [1.29, 1.82) is 0 Å². The molecule has 2 heterocycles. The van der Waals surface area contributed by atoms with Gasteiger partial charge in [0, 0.05) is 31.8 Å². The van der Waals surface area contributed by atoms with E-state index in [1.807, 2.05) is 6.92 Å². The number of aryl methyl sites for hydroxylation is 1. The number of aromatic nitrogens is 1. The first kappa shape index (κ1) is 25.9. The van der Waals surface area contributed by atoms with Gasteiger partial charge in [0.15, 0.2) is 5.84 Å². The highest BCUT2D eigenvalue weighted by Gasteiger charge is 2.35. The fraction of sp³-hybridized carbons (Fsp3) is 0.304. The van der Waals surface area contributed by atoms with Crippen LogP contribution in [0.25, 0.3) is 10.9 Å². The topological polar surface area (TPSA) is 148 Å². The van der Waals surface area contributed by atoms with E-state index in [-0.39, 0.29) is 34.2 Å².